The van der Waals surface area contributed by atoms with E-state index in [1.807, 2.05) is 20.8 Å². The zero-order valence-electron chi connectivity index (χ0n) is 16.3. The van der Waals surface area contributed by atoms with E-state index >= 15 is 0 Å². The number of morpholine rings is 1. The highest BCUT2D eigenvalue weighted by atomic mass is 32.2. The van der Waals surface area contributed by atoms with Gasteiger partial charge in [-0.15, -0.1) is 0 Å². The fourth-order valence-electron chi connectivity index (χ4n) is 2.99. The van der Waals surface area contributed by atoms with Crippen molar-refractivity contribution >= 4 is 15.9 Å². The number of rotatable bonds is 8. The third kappa shape index (κ3) is 5.06. The largest absolute Gasteiger partial charge is 0.379 e. The van der Waals surface area contributed by atoms with Crippen molar-refractivity contribution in [3.05, 3.63) is 29.6 Å². The van der Waals surface area contributed by atoms with Crippen LogP contribution in [0.25, 0.3) is 0 Å². The standard InChI is InChI=1S/C19H29FN2O4S/c1-4-6-9-22(15(3)5-2)19(23)17-14-16(7-8-18(17)20)27(24,25)21-10-12-26-13-11-21/h7-8,14-15H,4-6,9-13H2,1-3H3. The van der Waals surface area contributed by atoms with E-state index in [4.69, 9.17) is 4.74 Å². The van der Waals surface area contributed by atoms with E-state index in [2.05, 4.69) is 0 Å². The normalized spacial score (nSPS) is 16.9. The molecule has 1 fully saturated rings. The van der Waals surface area contributed by atoms with Gasteiger partial charge in [-0.25, -0.2) is 12.8 Å². The van der Waals surface area contributed by atoms with Crippen LogP contribution in [0.5, 0.6) is 0 Å². The number of hydrogen-bond donors (Lipinski definition) is 0. The van der Waals surface area contributed by atoms with Gasteiger partial charge >= 0.3 is 0 Å². The van der Waals surface area contributed by atoms with Gasteiger partial charge in [0.15, 0.2) is 0 Å². The minimum Gasteiger partial charge on any atom is -0.379 e. The lowest BCUT2D eigenvalue weighted by Crippen LogP contribution is -2.41. The summed E-state index contributed by atoms with van der Waals surface area (Å²) in [7, 11) is -3.79. The molecule has 0 saturated carbocycles. The van der Waals surface area contributed by atoms with Crippen LogP contribution in [0.1, 0.15) is 50.4 Å². The van der Waals surface area contributed by atoms with Gasteiger partial charge in [-0.05, 0) is 38.0 Å². The number of ether oxygens (including phenoxy) is 1. The quantitative estimate of drug-likeness (QED) is 0.673. The van der Waals surface area contributed by atoms with Gasteiger partial charge in [0.2, 0.25) is 10.0 Å². The van der Waals surface area contributed by atoms with Crippen LogP contribution in [0, 0.1) is 5.82 Å². The Labute approximate surface area is 161 Å². The molecule has 1 aliphatic rings. The van der Waals surface area contributed by atoms with Crippen molar-refractivity contribution in [2.24, 2.45) is 0 Å². The van der Waals surface area contributed by atoms with E-state index in [1.165, 1.54) is 16.4 Å². The van der Waals surface area contributed by atoms with Crippen molar-refractivity contribution in [1.29, 1.82) is 0 Å². The highest BCUT2D eigenvalue weighted by Crippen LogP contribution is 2.22. The van der Waals surface area contributed by atoms with Crippen molar-refractivity contribution in [2.45, 2.75) is 51.0 Å². The van der Waals surface area contributed by atoms with Gasteiger partial charge in [-0.2, -0.15) is 4.31 Å². The second-order valence-electron chi connectivity index (χ2n) is 6.77. The molecule has 1 amide bonds. The molecule has 1 unspecified atom stereocenters. The third-order valence-electron chi connectivity index (χ3n) is 4.91. The third-order valence-corrected chi connectivity index (χ3v) is 6.81. The molecule has 6 nitrogen and oxygen atoms in total. The lowest BCUT2D eigenvalue weighted by atomic mass is 10.1. The second kappa shape index (κ2) is 9.61. The van der Waals surface area contributed by atoms with Gasteiger partial charge in [0.05, 0.1) is 23.7 Å². The van der Waals surface area contributed by atoms with Crippen LogP contribution in [-0.2, 0) is 14.8 Å². The summed E-state index contributed by atoms with van der Waals surface area (Å²) in [6, 6.07) is 3.40. The number of benzene rings is 1. The first-order valence-corrected chi connectivity index (χ1v) is 10.9. The molecule has 0 spiro atoms. The molecule has 1 heterocycles. The molecule has 1 atom stereocenters. The fourth-order valence-corrected chi connectivity index (χ4v) is 4.43. The Hall–Kier alpha value is -1.51. The molecule has 0 aromatic heterocycles. The van der Waals surface area contributed by atoms with E-state index in [0.29, 0.717) is 19.8 Å². The molecule has 1 saturated heterocycles. The average molecular weight is 401 g/mol. The van der Waals surface area contributed by atoms with Crippen molar-refractivity contribution < 1.29 is 22.3 Å². The molecule has 0 radical (unpaired) electrons. The van der Waals surface area contributed by atoms with E-state index in [-0.39, 0.29) is 29.6 Å². The highest BCUT2D eigenvalue weighted by molar-refractivity contribution is 7.89. The lowest BCUT2D eigenvalue weighted by Gasteiger charge is -2.29. The molecule has 1 aromatic rings. The Kier molecular flexibility index (Phi) is 7.76. The summed E-state index contributed by atoms with van der Waals surface area (Å²) in [5.41, 5.74) is -0.194. The van der Waals surface area contributed by atoms with Gasteiger partial charge in [0, 0.05) is 25.7 Å². The predicted octanol–water partition coefficient (Wildman–Crippen LogP) is 2.89. The van der Waals surface area contributed by atoms with Crippen LogP contribution in [0.4, 0.5) is 4.39 Å². The number of carbonyl (C=O) groups excluding carboxylic acids is 1. The van der Waals surface area contributed by atoms with Crippen molar-refractivity contribution in [1.82, 2.24) is 9.21 Å². The number of amides is 1. The number of hydrogen-bond acceptors (Lipinski definition) is 4. The maximum atomic E-state index is 14.4. The minimum atomic E-state index is -3.79. The van der Waals surface area contributed by atoms with Crippen molar-refractivity contribution in [3.8, 4) is 0 Å². The molecule has 8 heteroatoms. The molecule has 1 aromatic carbocycles. The Morgan fingerprint density at radius 2 is 1.96 bits per heavy atom. The SMILES string of the molecule is CCCCN(C(=O)c1cc(S(=O)(=O)N2CCOCC2)ccc1F)C(C)CC. The summed E-state index contributed by atoms with van der Waals surface area (Å²) in [6.45, 7) is 7.57. The fraction of sp³-hybridized carbons (Fsp3) is 0.632. The minimum absolute atomic E-state index is 0.0528. The Bertz CT molecular complexity index is 748. The zero-order valence-corrected chi connectivity index (χ0v) is 17.1. The Morgan fingerprint density at radius 1 is 1.30 bits per heavy atom. The molecular formula is C19H29FN2O4S. The maximum absolute atomic E-state index is 14.4. The van der Waals surface area contributed by atoms with Crippen LogP contribution in [-0.4, -0.2) is 62.4 Å². The van der Waals surface area contributed by atoms with E-state index in [9.17, 15) is 17.6 Å². The smallest absolute Gasteiger partial charge is 0.257 e. The topological polar surface area (TPSA) is 66.9 Å². The van der Waals surface area contributed by atoms with Crippen molar-refractivity contribution in [3.63, 3.8) is 0 Å². The number of sulfonamides is 1. The van der Waals surface area contributed by atoms with Crippen LogP contribution >= 0.6 is 0 Å². The van der Waals surface area contributed by atoms with Gasteiger partial charge in [0.25, 0.3) is 5.91 Å². The second-order valence-corrected chi connectivity index (χ2v) is 8.71. The van der Waals surface area contributed by atoms with Crippen LogP contribution < -0.4 is 0 Å². The monoisotopic (exact) mass is 400 g/mol. The summed E-state index contributed by atoms with van der Waals surface area (Å²) in [6.07, 6.45) is 2.46. The van der Waals surface area contributed by atoms with Gasteiger partial charge in [-0.3, -0.25) is 4.79 Å². The Balaban J connectivity index is 2.36. The first-order chi connectivity index (χ1) is 12.8. The van der Waals surface area contributed by atoms with Crippen LogP contribution in [0.3, 0.4) is 0 Å². The average Bonchev–Trinajstić information content (AvgIpc) is 2.68. The van der Waals surface area contributed by atoms with Gasteiger partial charge in [-0.1, -0.05) is 20.3 Å². The van der Waals surface area contributed by atoms with E-state index in [0.717, 1.165) is 25.3 Å². The molecule has 1 aliphatic heterocycles. The first kappa shape index (κ1) is 21.8. The number of unbranched alkanes of at least 4 members (excludes halogenated alkanes) is 1. The summed E-state index contributed by atoms with van der Waals surface area (Å²) in [5.74, 6) is -1.17. The van der Waals surface area contributed by atoms with Crippen molar-refractivity contribution in [2.75, 3.05) is 32.8 Å². The molecular weight excluding hydrogens is 371 g/mol. The van der Waals surface area contributed by atoms with Crippen LogP contribution in [0.15, 0.2) is 23.1 Å². The molecule has 27 heavy (non-hydrogen) atoms. The Morgan fingerprint density at radius 3 is 2.56 bits per heavy atom. The molecule has 2 rings (SSSR count). The van der Waals surface area contributed by atoms with E-state index < -0.39 is 21.7 Å². The molecule has 152 valence electrons. The summed E-state index contributed by atoms with van der Waals surface area (Å²) in [4.78, 5) is 14.6. The van der Waals surface area contributed by atoms with Crippen LogP contribution in [0.2, 0.25) is 0 Å². The molecule has 0 bridgehead atoms. The lowest BCUT2D eigenvalue weighted by molar-refractivity contribution is 0.0679. The maximum Gasteiger partial charge on any atom is 0.257 e. The molecule has 0 N–H and O–H groups in total. The van der Waals surface area contributed by atoms with Gasteiger partial charge in [0.1, 0.15) is 5.82 Å². The first-order valence-electron chi connectivity index (χ1n) is 9.51. The predicted molar refractivity (Wildman–Crippen MR) is 102 cm³/mol. The van der Waals surface area contributed by atoms with E-state index in [1.54, 1.807) is 4.90 Å². The number of carbonyl (C=O) groups is 1. The summed E-state index contributed by atoms with van der Waals surface area (Å²) >= 11 is 0. The van der Waals surface area contributed by atoms with Gasteiger partial charge < -0.3 is 9.64 Å². The summed E-state index contributed by atoms with van der Waals surface area (Å²) < 4.78 is 46.6. The zero-order chi connectivity index (χ0) is 20.0. The number of halogens is 1. The molecule has 0 aliphatic carbocycles. The summed E-state index contributed by atoms with van der Waals surface area (Å²) in [5, 5.41) is 0. The number of nitrogens with zero attached hydrogens (tertiary/aromatic N) is 2. The highest BCUT2D eigenvalue weighted by Gasteiger charge is 2.29.